The first-order valence-electron chi connectivity index (χ1n) is 8.41. The number of carbonyl (C=O) groups is 1. The number of benzene rings is 2. The molecule has 3 aromatic rings. The minimum atomic E-state index is -3.61. The molecule has 0 unspecified atom stereocenters. The highest BCUT2D eigenvalue weighted by atomic mass is 32.2. The van der Waals surface area contributed by atoms with Gasteiger partial charge in [0, 0.05) is 12.6 Å². The van der Waals surface area contributed by atoms with Gasteiger partial charge in [0.15, 0.2) is 0 Å². The van der Waals surface area contributed by atoms with Crippen LogP contribution >= 0.6 is 11.3 Å². The Kier molecular flexibility index (Phi) is 5.71. The summed E-state index contributed by atoms with van der Waals surface area (Å²) in [6, 6.07) is 15.2. The summed E-state index contributed by atoms with van der Waals surface area (Å²) in [5.41, 5.74) is 2.45. The van der Waals surface area contributed by atoms with E-state index in [1.165, 1.54) is 11.4 Å². The molecule has 0 aliphatic rings. The van der Waals surface area contributed by atoms with Gasteiger partial charge >= 0.3 is 0 Å². The molecule has 0 aliphatic carbocycles. The molecule has 2 aromatic carbocycles. The summed E-state index contributed by atoms with van der Waals surface area (Å²) in [5, 5.41) is 4.54. The fraction of sp³-hybridized carbons (Fsp3) is 0.150. The second kappa shape index (κ2) is 8.04. The van der Waals surface area contributed by atoms with Gasteiger partial charge in [0.1, 0.15) is 9.96 Å². The molecule has 1 aromatic heterocycles. The summed E-state index contributed by atoms with van der Waals surface area (Å²) in [4.78, 5) is 12.6. The molecule has 0 fully saturated rings. The molecule has 0 aliphatic heterocycles. The molecule has 8 heteroatoms. The van der Waals surface area contributed by atoms with Gasteiger partial charge in [-0.1, -0.05) is 12.1 Å². The van der Waals surface area contributed by atoms with E-state index < -0.39 is 10.0 Å². The SMILES string of the molecule is COc1ccc(C)cc1NC(=O)c1ccc(N(C)S(=O)(=O)c2cccs2)cc1. The van der Waals surface area contributed by atoms with Gasteiger partial charge in [-0.15, -0.1) is 11.3 Å². The zero-order valence-electron chi connectivity index (χ0n) is 15.7. The lowest BCUT2D eigenvalue weighted by Crippen LogP contribution is -2.25. The largest absolute Gasteiger partial charge is 0.495 e. The van der Waals surface area contributed by atoms with Crippen molar-refractivity contribution in [3.8, 4) is 5.75 Å². The summed E-state index contributed by atoms with van der Waals surface area (Å²) in [7, 11) is -0.581. The molecule has 0 bridgehead atoms. The van der Waals surface area contributed by atoms with Gasteiger partial charge in [-0.25, -0.2) is 8.42 Å². The first kappa shape index (κ1) is 19.9. The maximum absolute atomic E-state index is 12.6. The monoisotopic (exact) mass is 416 g/mol. The van der Waals surface area contributed by atoms with Crippen molar-refractivity contribution in [3.63, 3.8) is 0 Å². The van der Waals surface area contributed by atoms with Crippen LogP contribution < -0.4 is 14.4 Å². The standard InChI is InChI=1S/C20H20N2O4S2/c1-14-6-11-18(26-3)17(13-14)21-20(23)15-7-9-16(10-8-15)22(2)28(24,25)19-5-4-12-27-19/h4-13H,1-3H3,(H,21,23). The number of hydrogen-bond acceptors (Lipinski definition) is 5. The van der Waals surface area contributed by atoms with Crippen LogP contribution in [-0.4, -0.2) is 28.5 Å². The van der Waals surface area contributed by atoms with Gasteiger partial charge in [0.2, 0.25) is 0 Å². The Morgan fingerprint density at radius 1 is 1.11 bits per heavy atom. The van der Waals surface area contributed by atoms with Gasteiger partial charge < -0.3 is 10.1 Å². The fourth-order valence-corrected chi connectivity index (χ4v) is 4.98. The van der Waals surface area contributed by atoms with Gasteiger partial charge in [-0.2, -0.15) is 0 Å². The molecule has 0 saturated carbocycles. The average Bonchev–Trinajstić information content (AvgIpc) is 3.23. The van der Waals surface area contributed by atoms with Crippen LogP contribution in [0.4, 0.5) is 11.4 Å². The van der Waals surface area contributed by atoms with E-state index >= 15 is 0 Å². The third-order valence-corrected chi connectivity index (χ3v) is 7.36. The molecule has 6 nitrogen and oxygen atoms in total. The van der Waals surface area contributed by atoms with E-state index in [2.05, 4.69) is 5.32 Å². The van der Waals surface area contributed by atoms with E-state index in [4.69, 9.17) is 4.74 Å². The highest BCUT2D eigenvalue weighted by Gasteiger charge is 2.22. The van der Waals surface area contributed by atoms with E-state index in [0.29, 0.717) is 22.7 Å². The molecule has 0 spiro atoms. The molecule has 0 atom stereocenters. The van der Waals surface area contributed by atoms with Gasteiger partial charge in [-0.05, 0) is 60.3 Å². The summed E-state index contributed by atoms with van der Waals surface area (Å²) in [6.07, 6.45) is 0. The van der Waals surface area contributed by atoms with Crippen LogP contribution in [0.5, 0.6) is 5.75 Å². The third-order valence-electron chi connectivity index (χ3n) is 4.21. The first-order chi connectivity index (χ1) is 13.3. The van der Waals surface area contributed by atoms with Crippen molar-refractivity contribution in [1.29, 1.82) is 0 Å². The Morgan fingerprint density at radius 2 is 1.82 bits per heavy atom. The van der Waals surface area contributed by atoms with Gasteiger partial charge in [-0.3, -0.25) is 9.10 Å². The van der Waals surface area contributed by atoms with E-state index in [0.717, 1.165) is 16.9 Å². The summed E-state index contributed by atoms with van der Waals surface area (Å²) < 4.78 is 31.9. The maximum Gasteiger partial charge on any atom is 0.273 e. The average molecular weight is 417 g/mol. The molecule has 0 radical (unpaired) electrons. The summed E-state index contributed by atoms with van der Waals surface area (Å²) in [6.45, 7) is 1.92. The van der Waals surface area contributed by atoms with E-state index in [9.17, 15) is 13.2 Å². The second-order valence-corrected chi connectivity index (χ2v) is 9.25. The fourth-order valence-electron chi connectivity index (χ4n) is 2.62. The van der Waals surface area contributed by atoms with Crippen LogP contribution in [0.2, 0.25) is 0 Å². The normalized spacial score (nSPS) is 11.1. The quantitative estimate of drug-likeness (QED) is 0.655. The summed E-state index contributed by atoms with van der Waals surface area (Å²) >= 11 is 1.16. The van der Waals surface area contributed by atoms with Crippen LogP contribution in [-0.2, 0) is 10.0 Å². The molecule has 0 saturated heterocycles. The Morgan fingerprint density at radius 3 is 2.43 bits per heavy atom. The molecule has 3 rings (SSSR count). The van der Waals surface area contributed by atoms with Crippen molar-refractivity contribution in [2.45, 2.75) is 11.1 Å². The first-order valence-corrected chi connectivity index (χ1v) is 10.7. The number of amides is 1. The van der Waals surface area contributed by atoms with Crippen molar-refractivity contribution < 1.29 is 17.9 Å². The number of anilines is 2. The second-order valence-electron chi connectivity index (χ2n) is 6.11. The van der Waals surface area contributed by atoms with Crippen LogP contribution in [0.3, 0.4) is 0 Å². The maximum atomic E-state index is 12.6. The van der Waals surface area contributed by atoms with Gasteiger partial charge in [0.25, 0.3) is 15.9 Å². The number of rotatable bonds is 6. The predicted molar refractivity (Wildman–Crippen MR) is 112 cm³/mol. The van der Waals surface area contributed by atoms with Crippen molar-refractivity contribution in [1.82, 2.24) is 0 Å². The Bertz CT molecular complexity index is 1080. The Hall–Kier alpha value is -2.84. The topological polar surface area (TPSA) is 75.7 Å². The lowest BCUT2D eigenvalue weighted by Gasteiger charge is -2.18. The van der Waals surface area contributed by atoms with Crippen LogP contribution in [0.15, 0.2) is 64.2 Å². The van der Waals surface area contributed by atoms with Gasteiger partial charge in [0.05, 0.1) is 18.5 Å². The zero-order chi connectivity index (χ0) is 20.3. The molecule has 146 valence electrons. The van der Waals surface area contributed by atoms with E-state index in [1.807, 2.05) is 19.1 Å². The molecular formula is C20H20N2O4S2. The Balaban J connectivity index is 1.79. The highest BCUT2D eigenvalue weighted by molar-refractivity contribution is 7.94. The molecule has 1 heterocycles. The van der Waals surface area contributed by atoms with Crippen molar-refractivity contribution in [3.05, 3.63) is 71.1 Å². The minimum Gasteiger partial charge on any atom is -0.495 e. The number of nitrogens with zero attached hydrogens (tertiary/aromatic N) is 1. The number of hydrogen-bond donors (Lipinski definition) is 1. The van der Waals surface area contributed by atoms with Crippen LogP contribution in [0, 0.1) is 6.92 Å². The molecule has 28 heavy (non-hydrogen) atoms. The van der Waals surface area contributed by atoms with Crippen molar-refractivity contribution in [2.24, 2.45) is 0 Å². The number of ether oxygens (including phenoxy) is 1. The molecule has 1 amide bonds. The smallest absolute Gasteiger partial charge is 0.273 e. The van der Waals surface area contributed by atoms with Crippen LogP contribution in [0.1, 0.15) is 15.9 Å². The number of thiophene rings is 1. The number of nitrogens with one attached hydrogen (secondary N) is 1. The van der Waals surface area contributed by atoms with Crippen molar-refractivity contribution in [2.75, 3.05) is 23.8 Å². The number of carbonyl (C=O) groups excluding carboxylic acids is 1. The van der Waals surface area contributed by atoms with E-state index in [1.54, 1.807) is 55.0 Å². The number of methoxy groups -OCH3 is 1. The van der Waals surface area contributed by atoms with Crippen LogP contribution in [0.25, 0.3) is 0 Å². The third kappa shape index (κ3) is 4.02. The lowest BCUT2D eigenvalue weighted by molar-refractivity contribution is 0.102. The molecular weight excluding hydrogens is 396 g/mol. The minimum absolute atomic E-state index is 0.267. The number of aryl methyl sites for hydroxylation is 1. The number of sulfonamides is 1. The molecule has 1 N–H and O–H groups in total. The summed E-state index contributed by atoms with van der Waals surface area (Å²) in [5.74, 6) is 0.261. The lowest BCUT2D eigenvalue weighted by atomic mass is 10.1. The highest BCUT2D eigenvalue weighted by Crippen LogP contribution is 2.27. The van der Waals surface area contributed by atoms with Crippen molar-refractivity contribution >= 4 is 38.6 Å². The predicted octanol–water partition coefficient (Wildman–Crippen LogP) is 4.14. The zero-order valence-corrected chi connectivity index (χ0v) is 17.3. The van der Waals surface area contributed by atoms with E-state index in [-0.39, 0.29) is 10.1 Å². The Labute approximate surface area is 168 Å².